The Morgan fingerprint density at radius 2 is 2.25 bits per heavy atom. The third-order valence-corrected chi connectivity index (χ3v) is 4.24. The van der Waals surface area contributed by atoms with Crippen LogP contribution in [0, 0.1) is 18.2 Å². The number of benzene rings is 1. The van der Waals surface area contributed by atoms with E-state index in [0.29, 0.717) is 24.2 Å². The third-order valence-electron chi connectivity index (χ3n) is 4.24. The van der Waals surface area contributed by atoms with Crippen molar-refractivity contribution in [2.75, 3.05) is 13.2 Å². The summed E-state index contributed by atoms with van der Waals surface area (Å²) in [4.78, 5) is 12.1. The van der Waals surface area contributed by atoms with Crippen LogP contribution in [0.15, 0.2) is 35.6 Å². The molecule has 1 aliphatic rings. The van der Waals surface area contributed by atoms with Gasteiger partial charge in [-0.05, 0) is 30.7 Å². The van der Waals surface area contributed by atoms with Gasteiger partial charge in [0.25, 0.3) is 6.02 Å². The normalized spacial score (nSPS) is 19.4. The van der Waals surface area contributed by atoms with Crippen molar-refractivity contribution < 1.29 is 18.3 Å². The average Bonchev–Trinajstić information content (AvgIpc) is 2.68. The SMILES string of the molecule is C#CCOc1cnc(C(F)=Cc2ccc(F)c(C3(C)CCOC(N)=N3)c2)cn1. The number of nitrogens with zero attached hydrogens (tertiary/aromatic N) is 3. The molecule has 0 radical (unpaired) electrons. The summed E-state index contributed by atoms with van der Waals surface area (Å²) in [7, 11) is 0. The predicted octanol–water partition coefficient (Wildman–Crippen LogP) is 3.05. The van der Waals surface area contributed by atoms with Crippen LogP contribution in [-0.2, 0) is 10.3 Å². The van der Waals surface area contributed by atoms with Crippen LogP contribution in [-0.4, -0.2) is 29.2 Å². The number of hydrogen-bond acceptors (Lipinski definition) is 6. The molecule has 3 rings (SSSR count). The zero-order valence-electron chi connectivity index (χ0n) is 15.2. The van der Waals surface area contributed by atoms with Gasteiger partial charge in [0.15, 0.2) is 12.4 Å². The minimum atomic E-state index is -0.886. The van der Waals surface area contributed by atoms with E-state index in [2.05, 4.69) is 20.9 Å². The second kappa shape index (κ2) is 8.05. The quantitative estimate of drug-likeness (QED) is 0.802. The second-order valence-electron chi connectivity index (χ2n) is 6.29. The molecule has 1 aliphatic heterocycles. The summed E-state index contributed by atoms with van der Waals surface area (Å²) >= 11 is 0. The van der Waals surface area contributed by atoms with Gasteiger partial charge in [0.2, 0.25) is 5.88 Å². The zero-order chi connectivity index (χ0) is 20.1. The third kappa shape index (κ3) is 4.26. The first-order valence-corrected chi connectivity index (χ1v) is 8.45. The Morgan fingerprint density at radius 3 is 2.93 bits per heavy atom. The lowest BCUT2D eigenvalue weighted by Gasteiger charge is -2.30. The standard InChI is InChI=1S/C20H18F2N4O2/c1-3-7-27-18-12-24-17(11-25-18)16(22)10-13-4-5-15(21)14(9-13)20(2)6-8-28-19(23)26-20/h1,4-5,9-12H,6-8H2,2H3,(H2,23,26). The molecule has 1 unspecified atom stereocenters. The molecule has 0 saturated carbocycles. The van der Waals surface area contributed by atoms with Crippen LogP contribution < -0.4 is 10.5 Å². The maximum absolute atomic E-state index is 14.6. The van der Waals surface area contributed by atoms with Crippen molar-refractivity contribution in [1.29, 1.82) is 0 Å². The topological polar surface area (TPSA) is 82.6 Å². The molecular formula is C20H18F2N4O2. The monoisotopic (exact) mass is 384 g/mol. The van der Waals surface area contributed by atoms with Gasteiger partial charge in [0, 0.05) is 12.0 Å². The summed E-state index contributed by atoms with van der Waals surface area (Å²) in [6, 6.07) is 4.27. The molecule has 0 aliphatic carbocycles. The first kappa shape index (κ1) is 19.3. The van der Waals surface area contributed by atoms with Crippen molar-refractivity contribution in [2.24, 2.45) is 10.7 Å². The van der Waals surface area contributed by atoms with Gasteiger partial charge >= 0.3 is 0 Å². The smallest absolute Gasteiger partial charge is 0.282 e. The van der Waals surface area contributed by atoms with Gasteiger partial charge < -0.3 is 15.2 Å². The number of aliphatic imine (C=N–C) groups is 1. The Labute approximate surface area is 161 Å². The van der Waals surface area contributed by atoms with Crippen molar-refractivity contribution in [3.8, 4) is 18.2 Å². The number of aromatic nitrogens is 2. The number of rotatable bonds is 5. The fourth-order valence-electron chi connectivity index (χ4n) is 2.78. The average molecular weight is 384 g/mol. The van der Waals surface area contributed by atoms with E-state index >= 15 is 0 Å². The van der Waals surface area contributed by atoms with Gasteiger partial charge in [-0.1, -0.05) is 12.0 Å². The van der Waals surface area contributed by atoms with E-state index in [9.17, 15) is 8.78 Å². The molecule has 0 amide bonds. The Morgan fingerprint density at radius 1 is 1.43 bits per heavy atom. The summed E-state index contributed by atoms with van der Waals surface area (Å²) in [6.07, 6.45) is 9.29. The van der Waals surface area contributed by atoms with Gasteiger partial charge in [-0.15, -0.1) is 6.42 Å². The van der Waals surface area contributed by atoms with Crippen LogP contribution >= 0.6 is 0 Å². The summed E-state index contributed by atoms with van der Waals surface area (Å²) in [5.41, 5.74) is 5.52. The van der Waals surface area contributed by atoms with Crippen LogP contribution in [0.25, 0.3) is 11.9 Å². The van der Waals surface area contributed by atoms with E-state index in [4.69, 9.17) is 21.6 Å². The van der Waals surface area contributed by atoms with Crippen LogP contribution in [0.4, 0.5) is 8.78 Å². The molecule has 0 saturated heterocycles. The summed E-state index contributed by atoms with van der Waals surface area (Å²) in [6.45, 7) is 2.12. The minimum absolute atomic E-state index is 0.00249. The minimum Gasteiger partial charge on any atom is -0.465 e. The molecule has 1 aromatic carbocycles. The van der Waals surface area contributed by atoms with Gasteiger partial charge in [-0.2, -0.15) is 0 Å². The molecule has 2 N–H and O–H groups in total. The van der Waals surface area contributed by atoms with E-state index in [-0.39, 0.29) is 24.2 Å². The maximum Gasteiger partial charge on any atom is 0.282 e. The Kier molecular flexibility index (Phi) is 5.54. The fraction of sp³-hybridized carbons (Fsp3) is 0.250. The molecule has 144 valence electrons. The van der Waals surface area contributed by atoms with Crippen molar-refractivity contribution >= 4 is 17.9 Å². The van der Waals surface area contributed by atoms with Gasteiger partial charge in [-0.3, -0.25) is 0 Å². The van der Waals surface area contributed by atoms with E-state index in [0.717, 1.165) is 0 Å². The highest BCUT2D eigenvalue weighted by Gasteiger charge is 2.32. The van der Waals surface area contributed by atoms with Gasteiger partial charge in [0.05, 0.1) is 24.5 Å². The van der Waals surface area contributed by atoms with Crippen molar-refractivity contribution in [2.45, 2.75) is 18.9 Å². The molecule has 0 spiro atoms. The Hall–Kier alpha value is -3.47. The maximum atomic E-state index is 14.6. The van der Waals surface area contributed by atoms with Crippen LogP contribution in [0.3, 0.4) is 0 Å². The first-order chi connectivity index (χ1) is 13.4. The highest BCUT2D eigenvalue weighted by molar-refractivity contribution is 5.75. The lowest BCUT2D eigenvalue weighted by atomic mass is 9.87. The summed E-state index contributed by atoms with van der Waals surface area (Å²) < 4.78 is 39.2. The number of hydrogen-bond donors (Lipinski definition) is 1. The van der Waals surface area contributed by atoms with E-state index in [1.165, 1.54) is 36.7 Å². The molecular weight excluding hydrogens is 366 g/mol. The summed E-state index contributed by atoms with van der Waals surface area (Å²) in [5.74, 6) is 1.41. The van der Waals surface area contributed by atoms with Crippen molar-refractivity contribution in [1.82, 2.24) is 9.97 Å². The molecule has 8 heteroatoms. The van der Waals surface area contributed by atoms with Crippen molar-refractivity contribution in [3.05, 3.63) is 53.2 Å². The lowest BCUT2D eigenvalue weighted by Crippen LogP contribution is -2.34. The second-order valence-corrected chi connectivity index (χ2v) is 6.29. The Balaban J connectivity index is 1.88. The van der Waals surface area contributed by atoms with E-state index in [1.54, 1.807) is 6.92 Å². The molecule has 0 bridgehead atoms. The van der Waals surface area contributed by atoms with E-state index < -0.39 is 17.2 Å². The molecule has 1 aromatic heterocycles. The summed E-state index contributed by atoms with van der Waals surface area (Å²) in [5, 5.41) is 0. The number of amidine groups is 1. The van der Waals surface area contributed by atoms with Gasteiger partial charge in [0.1, 0.15) is 11.5 Å². The predicted molar refractivity (Wildman–Crippen MR) is 101 cm³/mol. The molecule has 2 aromatic rings. The number of terminal acetylenes is 1. The number of halogens is 2. The van der Waals surface area contributed by atoms with Crippen LogP contribution in [0.5, 0.6) is 5.88 Å². The highest BCUT2D eigenvalue weighted by Crippen LogP contribution is 2.34. The molecule has 0 fully saturated rings. The first-order valence-electron chi connectivity index (χ1n) is 8.45. The molecule has 2 heterocycles. The highest BCUT2D eigenvalue weighted by atomic mass is 19.1. The molecule has 28 heavy (non-hydrogen) atoms. The Bertz CT molecular complexity index is 967. The number of ether oxygens (including phenoxy) is 2. The van der Waals surface area contributed by atoms with E-state index in [1.807, 2.05) is 0 Å². The van der Waals surface area contributed by atoms with Crippen molar-refractivity contribution in [3.63, 3.8) is 0 Å². The molecule has 1 atom stereocenters. The zero-order valence-corrected chi connectivity index (χ0v) is 15.2. The van der Waals surface area contributed by atoms with Gasteiger partial charge in [-0.25, -0.2) is 23.7 Å². The van der Waals surface area contributed by atoms with Crippen LogP contribution in [0.2, 0.25) is 0 Å². The van der Waals surface area contributed by atoms with Crippen LogP contribution in [0.1, 0.15) is 30.2 Å². The molecule has 6 nitrogen and oxygen atoms in total. The largest absolute Gasteiger partial charge is 0.465 e. The fourth-order valence-corrected chi connectivity index (χ4v) is 2.78. The lowest BCUT2D eigenvalue weighted by molar-refractivity contribution is 0.215. The number of nitrogens with two attached hydrogens (primary N) is 1.